The van der Waals surface area contributed by atoms with Gasteiger partial charge < -0.3 is 19.1 Å². The number of anilines is 1. The van der Waals surface area contributed by atoms with Crippen LogP contribution in [0.1, 0.15) is 30.1 Å². The highest BCUT2D eigenvalue weighted by Gasteiger charge is 2.23. The van der Waals surface area contributed by atoms with E-state index in [2.05, 4.69) is 6.92 Å². The van der Waals surface area contributed by atoms with Crippen molar-refractivity contribution in [2.45, 2.75) is 19.8 Å². The van der Waals surface area contributed by atoms with Gasteiger partial charge in [0.25, 0.3) is 5.91 Å². The van der Waals surface area contributed by atoms with E-state index in [-0.39, 0.29) is 18.3 Å². The molecule has 2 aromatic carbocycles. The Morgan fingerprint density at radius 1 is 1.00 bits per heavy atom. The first kappa shape index (κ1) is 26.7. The van der Waals surface area contributed by atoms with Gasteiger partial charge in [0, 0.05) is 18.7 Å². The summed E-state index contributed by atoms with van der Waals surface area (Å²) in [4.78, 5) is 22.0. The summed E-state index contributed by atoms with van der Waals surface area (Å²) in [6.45, 7) is 4.01. The van der Waals surface area contributed by atoms with Crippen LogP contribution in [0.4, 0.5) is 5.13 Å². The Hall–Kier alpha value is -2.55. The van der Waals surface area contributed by atoms with E-state index in [1.807, 2.05) is 43.3 Å². The Labute approximate surface area is 205 Å². The third kappa shape index (κ3) is 6.50. The maximum atomic E-state index is 13.5. The van der Waals surface area contributed by atoms with Crippen molar-refractivity contribution in [3.8, 4) is 17.2 Å². The van der Waals surface area contributed by atoms with Gasteiger partial charge in [-0.05, 0) is 56.9 Å². The molecule has 3 aromatic rings. The zero-order valence-corrected chi connectivity index (χ0v) is 21.4. The number of methoxy groups -OCH3 is 2. The van der Waals surface area contributed by atoms with Crippen LogP contribution in [0, 0.1) is 0 Å². The highest BCUT2D eigenvalue weighted by Crippen LogP contribution is 2.40. The molecule has 1 aromatic heterocycles. The van der Waals surface area contributed by atoms with Gasteiger partial charge >= 0.3 is 0 Å². The third-order valence-corrected chi connectivity index (χ3v) is 6.11. The lowest BCUT2D eigenvalue weighted by molar-refractivity contribution is 0.0985. The number of carbonyl (C=O) groups excluding carboxylic acids is 1. The van der Waals surface area contributed by atoms with Crippen molar-refractivity contribution in [1.29, 1.82) is 0 Å². The average molecular weight is 494 g/mol. The molecule has 9 heteroatoms. The molecule has 0 saturated heterocycles. The Bertz CT molecular complexity index is 999. The van der Waals surface area contributed by atoms with Gasteiger partial charge in [0.1, 0.15) is 27.5 Å². The predicted octanol–water partition coefficient (Wildman–Crippen LogP) is 5.12. The van der Waals surface area contributed by atoms with Crippen molar-refractivity contribution in [3.05, 3.63) is 42.0 Å². The van der Waals surface area contributed by atoms with E-state index in [0.29, 0.717) is 47.4 Å². The van der Waals surface area contributed by atoms with E-state index < -0.39 is 0 Å². The SMILES string of the molecule is CCCCOc1ccc(C(=O)N(CCN(C)C)c2nc3c(OC)ccc(OC)c3s2)cc1.Cl. The number of likely N-dealkylation sites (N-methyl/N-ethyl adjacent to an activating group) is 1. The Balaban J connectivity index is 0.00000385. The molecular weight excluding hydrogens is 462 g/mol. The molecule has 0 bridgehead atoms. The first-order valence-corrected chi connectivity index (χ1v) is 11.5. The Morgan fingerprint density at radius 3 is 2.27 bits per heavy atom. The molecule has 0 radical (unpaired) electrons. The number of carbonyl (C=O) groups is 1. The van der Waals surface area contributed by atoms with Crippen LogP contribution in [-0.2, 0) is 0 Å². The van der Waals surface area contributed by atoms with Crippen LogP contribution in [0.15, 0.2) is 36.4 Å². The van der Waals surface area contributed by atoms with Gasteiger partial charge in [-0.25, -0.2) is 4.98 Å². The molecule has 33 heavy (non-hydrogen) atoms. The zero-order chi connectivity index (χ0) is 23.1. The molecule has 0 spiro atoms. The lowest BCUT2D eigenvalue weighted by Crippen LogP contribution is -2.36. The second-order valence-corrected chi connectivity index (χ2v) is 8.61. The fraction of sp³-hybridized carbons (Fsp3) is 0.417. The van der Waals surface area contributed by atoms with E-state index in [1.54, 1.807) is 31.3 Å². The monoisotopic (exact) mass is 493 g/mol. The molecule has 0 aliphatic heterocycles. The second-order valence-electron chi connectivity index (χ2n) is 7.63. The van der Waals surface area contributed by atoms with Crippen LogP contribution in [0.3, 0.4) is 0 Å². The fourth-order valence-electron chi connectivity index (χ4n) is 3.16. The molecule has 0 fully saturated rings. The summed E-state index contributed by atoms with van der Waals surface area (Å²) in [5.41, 5.74) is 1.28. The number of ether oxygens (including phenoxy) is 3. The van der Waals surface area contributed by atoms with Crippen LogP contribution in [0.2, 0.25) is 0 Å². The minimum Gasteiger partial charge on any atom is -0.495 e. The number of rotatable bonds is 11. The van der Waals surface area contributed by atoms with E-state index in [0.717, 1.165) is 23.3 Å². The molecule has 1 amide bonds. The first-order valence-electron chi connectivity index (χ1n) is 10.7. The number of benzene rings is 2. The summed E-state index contributed by atoms with van der Waals surface area (Å²) in [5.74, 6) is 2.02. The average Bonchev–Trinajstić information content (AvgIpc) is 3.24. The van der Waals surface area contributed by atoms with Gasteiger partial charge in [0.05, 0.1) is 20.8 Å². The minimum absolute atomic E-state index is 0. The quantitative estimate of drug-likeness (QED) is 0.345. The number of hydrogen-bond donors (Lipinski definition) is 0. The summed E-state index contributed by atoms with van der Waals surface area (Å²) >= 11 is 1.42. The highest BCUT2D eigenvalue weighted by atomic mass is 35.5. The van der Waals surface area contributed by atoms with Gasteiger partial charge in [-0.15, -0.1) is 12.4 Å². The molecule has 1 heterocycles. The summed E-state index contributed by atoms with van der Waals surface area (Å²) < 4.78 is 17.6. The lowest BCUT2D eigenvalue weighted by atomic mass is 10.2. The molecule has 0 unspecified atom stereocenters. The summed E-state index contributed by atoms with van der Waals surface area (Å²) in [6.07, 6.45) is 2.08. The van der Waals surface area contributed by atoms with Crippen LogP contribution in [0.25, 0.3) is 10.2 Å². The number of nitrogens with zero attached hydrogens (tertiary/aromatic N) is 3. The molecule has 0 aliphatic rings. The maximum absolute atomic E-state index is 13.5. The number of thiazole rings is 1. The van der Waals surface area contributed by atoms with Crippen molar-refractivity contribution in [2.24, 2.45) is 0 Å². The largest absolute Gasteiger partial charge is 0.495 e. The molecule has 180 valence electrons. The van der Waals surface area contributed by atoms with Gasteiger partial charge in [0.15, 0.2) is 5.13 Å². The highest BCUT2D eigenvalue weighted by molar-refractivity contribution is 7.22. The topological polar surface area (TPSA) is 64.1 Å². The minimum atomic E-state index is -0.107. The molecule has 0 N–H and O–H groups in total. The van der Waals surface area contributed by atoms with Crippen molar-refractivity contribution in [1.82, 2.24) is 9.88 Å². The second kappa shape index (κ2) is 12.6. The van der Waals surface area contributed by atoms with Crippen molar-refractivity contribution >= 4 is 45.0 Å². The van der Waals surface area contributed by atoms with Gasteiger partial charge in [-0.1, -0.05) is 24.7 Å². The molecule has 7 nitrogen and oxygen atoms in total. The van der Waals surface area contributed by atoms with Crippen LogP contribution >= 0.6 is 23.7 Å². The van der Waals surface area contributed by atoms with Crippen LogP contribution in [0.5, 0.6) is 17.2 Å². The smallest absolute Gasteiger partial charge is 0.260 e. The number of fused-ring (bicyclic) bond motifs is 1. The summed E-state index contributed by atoms with van der Waals surface area (Å²) in [7, 11) is 7.20. The number of unbranched alkanes of at least 4 members (excludes halogenated alkanes) is 1. The van der Waals surface area contributed by atoms with Crippen molar-refractivity contribution in [3.63, 3.8) is 0 Å². The van der Waals surface area contributed by atoms with Crippen molar-refractivity contribution < 1.29 is 19.0 Å². The number of halogens is 1. The molecule has 0 atom stereocenters. The van der Waals surface area contributed by atoms with Gasteiger partial charge in [-0.3, -0.25) is 9.69 Å². The maximum Gasteiger partial charge on any atom is 0.260 e. The Kier molecular flexibility index (Phi) is 10.2. The Morgan fingerprint density at radius 2 is 1.67 bits per heavy atom. The molecule has 3 rings (SSSR count). The van der Waals surface area contributed by atoms with E-state index in [4.69, 9.17) is 19.2 Å². The molecule has 0 saturated carbocycles. The van der Waals surface area contributed by atoms with E-state index >= 15 is 0 Å². The van der Waals surface area contributed by atoms with Crippen molar-refractivity contribution in [2.75, 3.05) is 52.9 Å². The van der Waals surface area contributed by atoms with Gasteiger partial charge in [-0.2, -0.15) is 0 Å². The van der Waals surface area contributed by atoms with E-state index in [1.165, 1.54) is 11.3 Å². The fourth-order valence-corrected chi connectivity index (χ4v) is 4.26. The molecule has 0 aliphatic carbocycles. The standard InChI is InChI=1S/C24H31N3O4S.ClH/c1-6-7-16-31-18-10-8-17(9-11-18)23(28)27(15-14-26(2)3)24-25-21-19(29-4)12-13-20(30-5)22(21)32-24;/h8-13H,6-7,14-16H2,1-5H3;1H. The third-order valence-electron chi connectivity index (χ3n) is 5.01. The van der Waals surface area contributed by atoms with E-state index in [9.17, 15) is 4.79 Å². The van der Waals surface area contributed by atoms with Crippen LogP contribution in [-0.4, -0.2) is 63.8 Å². The number of aromatic nitrogens is 1. The van der Waals surface area contributed by atoms with Crippen LogP contribution < -0.4 is 19.1 Å². The zero-order valence-electron chi connectivity index (χ0n) is 19.8. The number of hydrogen-bond acceptors (Lipinski definition) is 7. The normalized spacial score (nSPS) is 10.7. The lowest BCUT2D eigenvalue weighted by Gasteiger charge is -2.22. The molecular formula is C24H32ClN3O4S. The summed E-state index contributed by atoms with van der Waals surface area (Å²) in [6, 6.07) is 11.0. The number of amides is 1. The summed E-state index contributed by atoms with van der Waals surface area (Å²) in [5, 5.41) is 0.609. The van der Waals surface area contributed by atoms with Gasteiger partial charge in [0.2, 0.25) is 0 Å². The predicted molar refractivity (Wildman–Crippen MR) is 137 cm³/mol. The first-order chi connectivity index (χ1) is 15.5.